The van der Waals surface area contributed by atoms with Gasteiger partial charge in [0, 0.05) is 18.5 Å². The number of nitrogens with zero attached hydrogens (tertiary/aromatic N) is 1. The Balaban J connectivity index is -0.000000394. The number of carboxylic acid groups (broad SMARTS) is 1. The normalized spacial score (nSPS) is 10.1. The van der Waals surface area contributed by atoms with Crippen LogP contribution in [0, 0.1) is 0 Å². The highest BCUT2D eigenvalue weighted by Gasteiger charge is 2.05. The molecule has 128 valence electrons. The van der Waals surface area contributed by atoms with E-state index in [0.717, 1.165) is 30.6 Å². The van der Waals surface area contributed by atoms with Gasteiger partial charge in [-0.15, -0.1) is 0 Å². The standard InChI is InChI=1S/C11H27N2O.C4H6O2.ClH/c1-5-6-7-9-12-14-11-8-10-13(2,3)4;1-3(2)4(5)6;/h12H,5-11H2,1-4H3;1H2,2H3,(H,5,6);1H/q+1;;/p-1. The van der Waals surface area contributed by atoms with E-state index in [0.29, 0.717) is 0 Å². The minimum absolute atomic E-state index is 0. The van der Waals surface area contributed by atoms with Crippen LogP contribution < -0.4 is 17.9 Å². The smallest absolute Gasteiger partial charge is 0.330 e. The van der Waals surface area contributed by atoms with E-state index in [1.807, 2.05) is 0 Å². The van der Waals surface area contributed by atoms with E-state index in [2.05, 4.69) is 40.1 Å². The number of halogens is 1. The highest BCUT2D eigenvalue weighted by Crippen LogP contribution is 1.94. The summed E-state index contributed by atoms with van der Waals surface area (Å²) in [6, 6.07) is 0. The van der Waals surface area contributed by atoms with Gasteiger partial charge in [-0.25, -0.2) is 10.3 Å². The molecule has 0 fully saturated rings. The summed E-state index contributed by atoms with van der Waals surface area (Å²) in [7, 11) is 6.61. The van der Waals surface area contributed by atoms with Crippen molar-refractivity contribution in [3.8, 4) is 0 Å². The van der Waals surface area contributed by atoms with Crippen molar-refractivity contribution < 1.29 is 31.6 Å². The Bertz CT molecular complexity index is 254. The minimum atomic E-state index is -0.935. The molecule has 2 N–H and O–H groups in total. The summed E-state index contributed by atoms with van der Waals surface area (Å²) in [6.45, 7) is 9.78. The Labute approximate surface area is 136 Å². The molecule has 0 spiro atoms. The van der Waals surface area contributed by atoms with Crippen LogP contribution in [0.4, 0.5) is 0 Å². The van der Waals surface area contributed by atoms with Crippen LogP contribution in [-0.4, -0.2) is 56.4 Å². The van der Waals surface area contributed by atoms with Crippen LogP contribution in [0.25, 0.3) is 0 Å². The molecule has 0 aliphatic carbocycles. The molecule has 0 aromatic rings. The SMILES string of the molecule is C=C(C)C(=O)O.CCCCCNOCCC[N+](C)(C)C.[Cl-]. The van der Waals surface area contributed by atoms with Gasteiger partial charge >= 0.3 is 5.97 Å². The van der Waals surface area contributed by atoms with Gasteiger partial charge < -0.3 is 26.8 Å². The van der Waals surface area contributed by atoms with Gasteiger partial charge in [-0.1, -0.05) is 26.3 Å². The van der Waals surface area contributed by atoms with Gasteiger partial charge in [-0.2, -0.15) is 0 Å². The lowest BCUT2D eigenvalue weighted by atomic mass is 10.3. The molecule has 0 heterocycles. The quantitative estimate of drug-likeness (QED) is 0.245. The van der Waals surface area contributed by atoms with Crippen molar-refractivity contribution in [2.45, 2.75) is 39.5 Å². The largest absolute Gasteiger partial charge is 1.00 e. The molecule has 0 aromatic carbocycles. The summed E-state index contributed by atoms with van der Waals surface area (Å²) in [6.07, 6.45) is 4.88. The summed E-state index contributed by atoms with van der Waals surface area (Å²) in [4.78, 5) is 14.9. The van der Waals surface area contributed by atoms with Gasteiger partial charge in [-0.05, 0) is 13.3 Å². The van der Waals surface area contributed by atoms with Gasteiger partial charge in [-0.3, -0.25) is 0 Å². The number of carboxylic acids is 1. The van der Waals surface area contributed by atoms with Crippen molar-refractivity contribution in [1.82, 2.24) is 5.48 Å². The average molecular weight is 325 g/mol. The average Bonchev–Trinajstić information content (AvgIpc) is 2.32. The molecule has 0 unspecified atom stereocenters. The number of hydrogen-bond acceptors (Lipinski definition) is 3. The van der Waals surface area contributed by atoms with Crippen molar-refractivity contribution in [2.24, 2.45) is 0 Å². The Hall–Kier alpha value is -0.620. The Morgan fingerprint density at radius 1 is 1.24 bits per heavy atom. The van der Waals surface area contributed by atoms with E-state index in [4.69, 9.17) is 9.94 Å². The first-order valence-corrected chi connectivity index (χ1v) is 7.24. The molecule has 0 radical (unpaired) electrons. The Kier molecular flexibility index (Phi) is 19.0. The van der Waals surface area contributed by atoms with Crippen LogP contribution in [0.2, 0.25) is 0 Å². The number of aliphatic carboxylic acids is 1. The van der Waals surface area contributed by atoms with E-state index >= 15 is 0 Å². The molecule has 0 bridgehead atoms. The molecule has 0 saturated carbocycles. The summed E-state index contributed by atoms with van der Waals surface area (Å²) in [5.41, 5.74) is 3.18. The Morgan fingerprint density at radius 3 is 2.14 bits per heavy atom. The third kappa shape index (κ3) is 28.3. The van der Waals surface area contributed by atoms with Crippen LogP contribution in [0.1, 0.15) is 39.5 Å². The molecule has 0 aliphatic rings. The second-order valence-corrected chi connectivity index (χ2v) is 5.90. The lowest BCUT2D eigenvalue weighted by Gasteiger charge is -2.23. The predicted octanol–water partition coefficient (Wildman–Crippen LogP) is -0.555. The molecule has 5 nitrogen and oxygen atoms in total. The van der Waals surface area contributed by atoms with E-state index in [9.17, 15) is 4.79 Å². The third-order valence-electron chi connectivity index (χ3n) is 2.42. The maximum Gasteiger partial charge on any atom is 0.330 e. The van der Waals surface area contributed by atoms with Gasteiger partial charge in [0.15, 0.2) is 0 Å². The van der Waals surface area contributed by atoms with Crippen molar-refractivity contribution >= 4 is 5.97 Å². The number of hydrogen-bond donors (Lipinski definition) is 2. The number of carbonyl (C=O) groups is 1. The topological polar surface area (TPSA) is 58.6 Å². The number of nitrogens with one attached hydrogen (secondary N) is 1. The number of quaternary nitrogens is 1. The number of rotatable bonds is 10. The van der Waals surface area contributed by atoms with Crippen molar-refractivity contribution in [3.05, 3.63) is 12.2 Å². The predicted molar refractivity (Wildman–Crippen MR) is 83.4 cm³/mol. The lowest BCUT2D eigenvalue weighted by molar-refractivity contribution is -0.870. The first-order chi connectivity index (χ1) is 9.20. The molecular weight excluding hydrogens is 292 g/mol. The molecule has 6 heteroatoms. The van der Waals surface area contributed by atoms with Crippen LogP contribution in [0.5, 0.6) is 0 Å². The Morgan fingerprint density at radius 2 is 1.76 bits per heavy atom. The fourth-order valence-electron chi connectivity index (χ4n) is 1.20. The highest BCUT2D eigenvalue weighted by molar-refractivity contribution is 5.84. The first-order valence-electron chi connectivity index (χ1n) is 7.24. The zero-order valence-electron chi connectivity index (χ0n) is 14.2. The molecule has 21 heavy (non-hydrogen) atoms. The fourth-order valence-corrected chi connectivity index (χ4v) is 1.20. The number of hydroxylamine groups is 1. The van der Waals surface area contributed by atoms with Gasteiger partial charge in [0.2, 0.25) is 0 Å². The van der Waals surface area contributed by atoms with Crippen LogP contribution in [0.3, 0.4) is 0 Å². The molecule has 0 atom stereocenters. The lowest BCUT2D eigenvalue weighted by Crippen LogP contribution is -3.00. The number of unbranched alkanes of at least 4 members (excludes halogenated alkanes) is 2. The summed E-state index contributed by atoms with van der Waals surface area (Å²) < 4.78 is 1.01. The maximum atomic E-state index is 9.60. The van der Waals surface area contributed by atoms with Gasteiger partial charge in [0.25, 0.3) is 0 Å². The van der Waals surface area contributed by atoms with Crippen molar-refractivity contribution in [2.75, 3.05) is 40.8 Å². The zero-order valence-corrected chi connectivity index (χ0v) is 15.0. The van der Waals surface area contributed by atoms with Crippen LogP contribution in [-0.2, 0) is 9.63 Å². The molecule has 0 aromatic heterocycles. The first kappa shape index (κ1) is 25.3. The van der Waals surface area contributed by atoms with Crippen LogP contribution in [0.15, 0.2) is 12.2 Å². The second kappa shape index (κ2) is 15.8. The van der Waals surface area contributed by atoms with Crippen molar-refractivity contribution in [3.63, 3.8) is 0 Å². The molecular formula is C15H33ClN2O3. The minimum Gasteiger partial charge on any atom is -1.00 e. The monoisotopic (exact) mass is 324 g/mol. The summed E-state index contributed by atoms with van der Waals surface area (Å²) in [5, 5.41) is 7.89. The molecule has 0 aliphatic heterocycles. The molecule has 0 saturated heterocycles. The van der Waals surface area contributed by atoms with E-state index in [1.165, 1.54) is 26.2 Å². The van der Waals surface area contributed by atoms with Crippen molar-refractivity contribution in [1.29, 1.82) is 0 Å². The van der Waals surface area contributed by atoms with E-state index in [-0.39, 0.29) is 18.0 Å². The summed E-state index contributed by atoms with van der Waals surface area (Å²) >= 11 is 0. The summed E-state index contributed by atoms with van der Waals surface area (Å²) in [5.74, 6) is -0.935. The van der Waals surface area contributed by atoms with Crippen LogP contribution >= 0.6 is 0 Å². The van der Waals surface area contributed by atoms with Gasteiger partial charge in [0.1, 0.15) is 0 Å². The second-order valence-electron chi connectivity index (χ2n) is 5.90. The fraction of sp³-hybridized carbons (Fsp3) is 0.800. The van der Waals surface area contributed by atoms with E-state index in [1.54, 1.807) is 0 Å². The third-order valence-corrected chi connectivity index (χ3v) is 2.42. The zero-order chi connectivity index (χ0) is 16.0. The maximum absolute atomic E-state index is 9.60. The van der Waals surface area contributed by atoms with Gasteiger partial charge in [0.05, 0.1) is 34.3 Å². The molecule has 0 amide bonds. The van der Waals surface area contributed by atoms with E-state index < -0.39 is 5.97 Å². The molecule has 0 rings (SSSR count). The highest BCUT2D eigenvalue weighted by atomic mass is 35.5.